The number of benzene rings is 2. The number of rotatable bonds is 10. The molecule has 0 fully saturated rings. The van der Waals surface area contributed by atoms with Gasteiger partial charge in [0.15, 0.2) is 0 Å². The Bertz CT molecular complexity index is 811. The number of nitrogens with zero attached hydrogens (tertiary/aromatic N) is 1. The molecule has 0 saturated heterocycles. The van der Waals surface area contributed by atoms with Crippen LogP contribution < -0.4 is 10.6 Å². The second-order valence-electron chi connectivity index (χ2n) is 6.63. The van der Waals surface area contributed by atoms with Crippen molar-refractivity contribution in [1.29, 1.82) is 0 Å². The van der Waals surface area contributed by atoms with Gasteiger partial charge in [0.1, 0.15) is 0 Å². The van der Waals surface area contributed by atoms with Crippen LogP contribution >= 0.6 is 0 Å². The Balaban J connectivity index is 0.000000703. The number of carboxylic acids is 2. The minimum Gasteiger partial charge on any atom is -0.473 e. The average molecular weight is 430 g/mol. The number of carbonyl (C=O) groups is 3. The monoisotopic (exact) mass is 429 g/mol. The SMILES string of the molecule is CCN(CC)CCCNCC(=O)Nc1ccccc1-c1ccccc1.O=C(O)C(=O)O. The molecule has 2 aromatic rings. The van der Waals surface area contributed by atoms with E-state index in [1.54, 1.807) is 0 Å². The van der Waals surface area contributed by atoms with E-state index in [-0.39, 0.29) is 5.91 Å². The van der Waals surface area contributed by atoms with Crippen LogP contribution in [-0.2, 0) is 14.4 Å². The minimum absolute atomic E-state index is 0.00813. The van der Waals surface area contributed by atoms with Gasteiger partial charge in [0, 0.05) is 11.3 Å². The van der Waals surface area contributed by atoms with Gasteiger partial charge in [0.25, 0.3) is 0 Å². The number of anilines is 1. The number of hydrogen-bond acceptors (Lipinski definition) is 5. The number of aliphatic carboxylic acids is 2. The first-order chi connectivity index (χ1) is 14.9. The highest BCUT2D eigenvalue weighted by Crippen LogP contribution is 2.27. The van der Waals surface area contributed by atoms with E-state index in [1.807, 2.05) is 42.5 Å². The molecular formula is C23H31N3O5. The molecule has 8 nitrogen and oxygen atoms in total. The Kier molecular flexibility index (Phi) is 12.2. The highest BCUT2D eigenvalue weighted by Gasteiger charge is 2.08. The fourth-order valence-electron chi connectivity index (χ4n) is 2.83. The van der Waals surface area contributed by atoms with Crippen molar-refractivity contribution in [2.24, 2.45) is 0 Å². The highest BCUT2D eigenvalue weighted by atomic mass is 16.4. The Hall–Kier alpha value is -3.23. The second-order valence-corrected chi connectivity index (χ2v) is 6.63. The van der Waals surface area contributed by atoms with Crippen molar-refractivity contribution >= 4 is 23.5 Å². The summed E-state index contributed by atoms with van der Waals surface area (Å²) >= 11 is 0. The van der Waals surface area contributed by atoms with Gasteiger partial charge in [-0.2, -0.15) is 0 Å². The Morgan fingerprint density at radius 3 is 2.03 bits per heavy atom. The third kappa shape index (κ3) is 10.4. The van der Waals surface area contributed by atoms with E-state index in [0.29, 0.717) is 6.54 Å². The molecule has 0 bridgehead atoms. The molecule has 8 heteroatoms. The van der Waals surface area contributed by atoms with E-state index in [2.05, 4.69) is 41.5 Å². The standard InChI is InChI=1S/C21H29N3O.C2H2O4/c1-3-24(4-2)16-10-15-22-17-21(25)23-20-14-9-8-13-19(20)18-11-6-5-7-12-18;3-1(4)2(5)6/h5-9,11-14,22H,3-4,10,15-17H2,1-2H3,(H,23,25);(H,3,4)(H,5,6). The number of para-hydroxylation sites is 1. The molecule has 0 unspecified atom stereocenters. The zero-order valence-corrected chi connectivity index (χ0v) is 18.0. The zero-order chi connectivity index (χ0) is 23.1. The van der Waals surface area contributed by atoms with Crippen molar-refractivity contribution in [3.8, 4) is 11.1 Å². The fraction of sp³-hybridized carbons (Fsp3) is 0.348. The second kappa shape index (κ2) is 14.7. The highest BCUT2D eigenvalue weighted by molar-refractivity contribution is 6.27. The topological polar surface area (TPSA) is 119 Å². The summed E-state index contributed by atoms with van der Waals surface area (Å²) < 4.78 is 0. The molecule has 0 saturated carbocycles. The summed E-state index contributed by atoms with van der Waals surface area (Å²) in [4.78, 5) is 32.8. The van der Waals surface area contributed by atoms with Crippen LogP contribution in [0.15, 0.2) is 54.6 Å². The molecule has 0 radical (unpaired) electrons. The maximum atomic E-state index is 12.2. The summed E-state index contributed by atoms with van der Waals surface area (Å²) in [6, 6.07) is 18.0. The molecule has 1 amide bonds. The molecule has 31 heavy (non-hydrogen) atoms. The van der Waals surface area contributed by atoms with Gasteiger partial charge in [-0.3, -0.25) is 4.79 Å². The van der Waals surface area contributed by atoms with Crippen LogP contribution in [-0.4, -0.2) is 65.7 Å². The molecule has 168 valence electrons. The van der Waals surface area contributed by atoms with Crippen molar-refractivity contribution in [2.45, 2.75) is 20.3 Å². The van der Waals surface area contributed by atoms with Crippen molar-refractivity contribution in [3.05, 3.63) is 54.6 Å². The molecule has 2 aromatic carbocycles. The summed E-state index contributed by atoms with van der Waals surface area (Å²) in [6.07, 6.45) is 1.05. The summed E-state index contributed by atoms with van der Waals surface area (Å²) in [6.45, 7) is 8.76. The first-order valence-electron chi connectivity index (χ1n) is 10.2. The molecule has 0 aliphatic carbocycles. The van der Waals surface area contributed by atoms with Gasteiger partial charge in [0.05, 0.1) is 6.54 Å². The maximum Gasteiger partial charge on any atom is 0.414 e. The van der Waals surface area contributed by atoms with Gasteiger partial charge in [-0.05, 0) is 44.2 Å². The Morgan fingerprint density at radius 1 is 0.871 bits per heavy atom. The van der Waals surface area contributed by atoms with E-state index in [4.69, 9.17) is 19.8 Å². The smallest absolute Gasteiger partial charge is 0.414 e. The third-order valence-corrected chi connectivity index (χ3v) is 4.48. The molecule has 0 aliphatic rings. The van der Waals surface area contributed by atoms with Gasteiger partial charge in [-0.15, -0.1) is 0 Å². The first kappa shape index (κ1) is 25.8. The number of carbonyl (C=O) groups excluding carboxylic acids is 1. The van der Waals surface area contributed by atoms with Crippen LogP contribution in [0.2, 0.25) is 0 Å². The summed E-state index contributed by atoms with van der Waals surface area (Å²) in [5.41, 5.74) is 2.99. The molecule has 0 spiro atoms. The van der Waals surface area contributed by atoms with E-state index in [0.717, 1.165) is 49.4 Å². The van der Waals surface area contributed by atoms with E-state index < -0.39 is 11.9 Å². The minimum atomic E-state index is -1.82. The van der Waals surface area contributed by atoms with Crippen molar-refractivity contribution in [2.75, 3.05) is 38.0 Å². The lowest BCUT2D eigenvalue weighted by Crippen LogP contribution is -2.31. The summed E-state index contributed by atoms with van der Waals surface area (Å²) in [7, 11) is 0. The van der Waals surface area contributed by atoms with Crippen LogP contribution in [0, 0.1) is 0 Å². The Morgan fingerprint density at radius 2 is 1.45 bits per heavy atom. The molecule has 0 heterocycles. The number of amides is 1. The molecule has 0 aromatic heterocycles. The van der Waals surface area contributed by atoms with Gasteiger partial charge in [-0.25, -0.2) is 9.59 Å². The van der Waals surface area contributed by atoms with Gasteiger partial charge in [0.2, 0.25) is 5.91 Å². The lowest BCUT2D eigenvalue weighted by atomic mass is 10.0. The fourth-order valence-corrected chi connectivity index (χ4v) is 2.83. The number of carboxylic acid groups (broad SMARTS) is 2. The molecule has 0 aliphatic heterocycles. The van der Waals surface area contributed by atoms with Crippen molar-refractivity contribution < 1.29 is 24.6 Å². The van der Waals surface area contributed by atoms with Crippen LogP contribution in [0.1, 0.15) is 20.3 Å². The van der Waals surface area contributed by atoms with Crippen LogP contribution in [0.3, 0.4) is 0 Å². The summed E-state index contributed by atoms with van der Waals surface area (Å²) in [5.74, 6) is -3.66. The zero-order valence-electron chi connectivity index (χ0n) is 18.0. The van der Waals surface area contributed by atoms with E-state index >= 15 is 0 Å². The van der Waals surface area contributed by atoms with Crippen molar-refractivity contribution in [3.63, 3.8) is 0 Å². The normalized spacial score (nSPS) is 10.2. The predicted octanol–water partition coefficient (Wildman–Crippen LogP) is 2.77. The molecule has 0 atom stereocenters. The van der Waals surface area contributed by atoms with E-state index in [9.17, 15) is 4.79 Å². The molecular weight excluding hydrogens is 398 g/mol. The quantitative estimate of drug-likeness (QED) is 0.339. The van der Waals surface area contributed by atoms with Gasteiger partial charge >= 0.3 is 11.9 Å². The molecule has 2 rings (SSSR count). The number of hydrogen-bond donors (Lipinski definition) is 4. The third-order valence-electron chi connectivity index (χ3n) is 4.48. The van der Waals surface area contributed by atoms with Crippen molar-refractivity contribution in [1.82, 2.24) is 10.2 Å². The van der Waals surface area contributed by atoms with Crippen LogP contribution in [0.5, 0.6) is 0 Å². The Labute approximate surface area is 182 Å². The predicted molar refractivity (Wildman–Crippen MR) is 121 cm³/mol. The average Bonchev–Trinajstić information content (AvgIpc) is 2.77. The van der Waals surface area contributed by atoms with Crippen LogP contribution in [0.4, 0.5) is 5.69 Å². The van der Waals surface area contributed by atoms with Gasteiger partial charge in [-0.1, -0.05) is 62.4 Å². The lowest BCUT2D eigenvalue weighted by molar-refractivity contribution is -0.159. The summed E-state index contributed by atoms with van der Waals surface area (Å²) in [5, 5.41) is 21.0. The van der Waals surface area contributed by atoms with Crippen LogP contribution in [0.25, 0.3) is 11.1 Å². The number of nitrogens with one attached hydrogen (secondary N) is 2. The van der Waals surface area contributed by atoms with E-state index in [1.165, 1.54) is 0 Å². The largest absolute Gasteiger partial charge is 0.473 e. The lowest BCUT2D eigenvalue weighted by Gasteiger charge is -2.17. The maximum absolute atomic E-state index is 12.2. The first-order valence-corrected chi connectivity index (χ1v) is 10.2. The molecule has 4 N–H and O–H groups in total. The van der Waals surface area contributed by atoms with Gasteiger partial charge < -0.3 is 25.7 Å².